The van der Waals surface area contributed by atoms with Crippen LogP contribution in [-0.2, 0) is 0 Å². The lowest BCUT2D eigenvalue weighted by molar-refractivity contribution is -0.904. The van der Waals surface area contributed by atoms with Crippen LogP contribution in [0.1, 0.15) is 26.7 Å². The van der Waals surface area contributed by atoms with Gasteiger partial charge in [0.1, 0.15) is 4.55 Å². The smallest absolute Gasteiger partial charge is 0.129 e. The van der Waals surface area contributed by atoms with Crippen LogP contribution in [0.3, 0.4) is 0 Å². The normalized spacial score (nSPS) is 22.9. The Bertz CT molecular complexity index is 117. The molecule has 0 aromatic rings. The van der Waals surface area contributed by atoms with Crippen LogP contribution in [0.25, 0.3) is 0 Å². The average Bonchev–Trinajstić information content (AvgIpc) is 2.36. The Balaban J connectivity index is 2.45. The second-order valence-corrected chi connectivity index (χ2v) is 4.87. The van der Waals surface area contributed by atoms with Crippen molar-refractivity contribution in [3.8, 4) is 0 Å². The summed E-state index contributed by atoms with van der Waals surface area (Å²) in [5, 5.41) is 0. The third-order valence-corrected chi connectivity index (χ3v) is 3.97. The predicted octanol–water partition coefficient (Wildman–Crippen LogP) is 2.65. The van der Waals surface area contributed by atoms with Gasteiger partial charge in [-0.25, -0.2) is 0 Å². The lowest BCUT2D eigenvalue weighted by Crippen LogP contribution is -2.46. The Morgan fingerprint density at radius 3 is 2.18 bits per heavy atom. The third-order valence-electron chi connectivity index (χ3n) is 2.52. The number of hydrogen-bond acceptors (Lipinski definition) is 0. The van der Waals surface area contributed by atoms with E-state index in [4.69, 9.17) is 0 Å². The van der Waals surface area contributed by atoms with E-state index in [1.807, 2.05) is 0 Å². The fourth-order valence-electron chi connectivity index (χ4n) is 2.13. The highest BCUT2D eigenvalue weighted by atomic mass is 127. The van der Waals surface area contributed by atoms with Gasteiger partial charge in [0.15, 0.2) is 0 Å². The van der Waals surface area contributed by atoms with Crippen molar-refractivity contribution in [3.63, 3.8) is 0 Å². The van der Waals surface area contributed by atoms with E-state index in [0.717, 1.165) is 5.92 Å². The number of halogens is 1. The van der Waals surface area contributed by atoms with Crippen molar-refractivity contribution in [2.24, 2.45) is 5.92 Å². The molecule has 1 aliphatic heterocycles. The summed E-state index contributed by atoms with van der Waals surface area (Å²) < 4.78 is 2.70. The zero-order chi connectivity index (χ0) is 8.32. The summed E-state index contributed by atoms with van der Waals surface area (Å²) >= 11 is 2.55. The van der Waals surface area contributed by atoms with Gasteiger partial charge in [0.25, 0.3) is 0 Å². The van der Waals surface area contributed by atoms with Crippen LogP contribution in [-0.4, -0.2) is 28.7 Å². The molecule has 0 N–H and O–H groups in total. The zero-order valence-electron chi connectivity index (χ0n) is 7.65. The van der Waals surface area contributed by atoms with Gasteiger partial charge in [-0.3, -0.25) is 0 Å². The maximum atomic E-state index is 2.55. The van der Waals surface area contributed by atoms with Crippen molar-refractivity contribution >= 4 is 22.6 Å². The van der Waals surface area contributed by atoms with Gasteiger partial charge in [-0.2, -0.15) is 0 Å². The van der Waals surface area contributed by atoms with Gasteiger partial charge in [0.05, 0.1) is 19.6 Å². The molecule has 0 radical (unpaired) electrons. The molecule has 0 aliphatic carbocycles. The lowest BCUT2D eigenvalue weighted by Gasteiger charge is -2.33. The van der Waals surface area contributed by atoms with E-state index < -0.39 is 0 Å². The number of alkyl halides is 1. The van der Waals surface area contributed by atoms with Gasteiger partial charge in [-0.05, 0) is 22.6 Å². The molecule has 0 saturated carbocycles. The largest absolute Gasteiger partial charge is 0.315 e. The molecule has 1 rings (SSSR count). The van der Waals surface area contributed by atoms with Gasteiger partial charge >= 0.3 is 0 Å². The molecule has 0 aromatic heterocycles. The Labute approximate surface area is 83.9 Å². The second-order valence-electron chi connectivity index (χ2n) is 4.19. The molecule has 0 unspecified atom stereocenters. The van der Waals surface area contributed by atoms with Crippen LogP contribution >= 0.6 is 22.6 Å². The summed E-state index contributed by atoms with van der Waals surface area (Å²) in [5.74, 6) is 0.864. The van der Waals surface area contributed by atoms with Crippen molar-refractivity contribution in [3.05, 3.63) is 0 Å². The van der Waals surface area contributed by atoms with E-state index in [0.29, 0.717) is 0 Å². The highest BCUT2D eigenvalue weighted by molar-refractivity contribution is 14.1. The molecule has 1 fully saturated rings. The van der Waals surface area contributed by atoms with Crippen LogP contribution in [0.2, 0.25) is 0 Å². The highest BCUT2D eigenvalue weighted by Gasteiger charge is 2.30. The summed E-state index contributed by atoms with van der Waals surface area (Å²) in [7, 11) is 0. The average molecular weight is 268 g/mol. The summed E-state index contributed by atoms with van der Waals surface area (Å²) in [6.07, 6.45) is 2.91. The van der Waals surface area contributed by atoms with E-state index in [1.54, 1.807) is 0 Å². The third kappa shape index (κ3) is 2.58. The van der Waals surface area contributed by atoms with Crippen LogP contribution < -0.4 is 0 Å². The van der Waals surface area contributed by atoms with E-state index in [1.165, 1.54) is 41.5 Å². The van der Waals surface area contributed by atoms with Gasteiger partial charge in [0, 0.05) is 18.8 Å². The SMILES string of the molecule is CC(C)C[N+]1(CI)CCCC1. The molecule has 11 heavy (non-hydrogen) atoms. The van der Waals surface area contributed by atoms with Gasteiger partial charge in [-0.15, -0.1) is 0 Å². The maximum absolute atomic E-state index is 2.55. The Morgan fingerprint density at radius 1 is 1.27 bits per heavy atom. The van der Waals surface area contributed by atoms with Gasteiger partial charge < -0.3 is 4.48 Å². The maximum Gasteiger partial charge on any atom is 0.129 e. The first-order valence-electron chi connectivity index (χ1n) is 4.60. The quantitative estimate of drug-likeness (QED) is 0.319. The molecule has 2 heteroatoms. The first kappa shape index (κ1) is 9.78. The molecule has 1 aliphatic rings. The van der Waals surface area contributed by atoms with Crippen molar-refractivity contribution in [2.45, 2.75) is 26.7 Å². The molecule has 1 nitrogen and oxygen atoms in total. The van der Waals surface area contributed by atoms with E-state index in [9.17, 15) is 0 Å². The first-order chi connectivity index (χ1) is 5.18. The van der Waals surface area contributed by atoms with Crippen molar-refractivity contribution < 1.29 is 4.48 Å². The fraction of sp³-hybridized carbons (Fsp3) is 1.00. The minimum atomic E-state index is 0.864. The Morgan fingerprint density at radius 2 is 1.82 bits per heavy atom. The van der Waals surface area contributed by atoms with Crippen LogP contribution in [0.15, 0.2) is 0 Å². The van der Waals surface area contributed by atoms with Crippen LogP contribution in [0, 0.1) is 5.92 Å². The van der Waals surface area contributed by atoms with E-state index in [-0.39, 0.29) is 0 Å². The molecular formula is C9H19IN+. The standard InChI is InChI=1S/C9H19IN/c1-9(2)7-11(8-10)5-3-4-6-11/h9H,3-8H2,1-2H3/q+1. The lowest BCUT2D eigenvalue weighted by atomic mass is 10.2. The summed E-state index contributed by atoms with van der Waals surface area (Å²) in [6, 6.07) is 0. The van der Waals surface area contributed by atoms with E-state index in [2.05, 4.69) is 36.4 Å². The van der Waals surface area contributed by atoms with Crippen LogP contribution in [0.4, 0.5) is 0 Å². The van der Waals surface area contributed by atoms with Crippen molar-refractivity contribution in [1.82, 2.24) is 0 Å². The Hall–Kier alpha value is 0.690. The summed E-state index contributed by atoms with van der Waals surface area (Å²) in [5.41, 5.74) is 0. The minimum Gasteiger partial charge on any atom is -0.315 e. The fourth-order valence-corrected chi connectivity index (χ4v) is 3.09. The summed E-state index contributed by atoms with van der Waals surface area (Å²) in [4.78, 5) is 0. The number of quaternary nitrogens is 1. The second kappa shape index (κ2) is 4.08. The monoisotopic (exact) mass is 268 g/mol. The molecule has 0 amide bonds. The molecular weight excluding hydrogens is 249 g/mol. The first-order valence-corrected chi connectivity index (χ1v) is 6.12. The number of likely N-dealkylation sites (tertiary alicyclic amines) is 1. The van der Waals surface area contributed by atoms with E-state index >= 15 is 0 Å². The zero-order valence-corrected chi connectivity index (χ0v) is 9.80. The number of nitrogens with zero attached hydrogens (tertiary/aromatic N) is 1. The molecule has 0 spiro atoms. The molecule has 66 valence electrons. The molecule has 1 heterocycles. The molecule has 0 aromatic carbocycles. The number of hydrogen-bond donors (Lipinski definition) is 0. The van der Waals surface area contributed by atoms with Crippen molar-refractivity contribution in [2.75, 3.05) is 24.2 Å². The minimum absolute atomic E-state index is 0.864. The number of rotatable bonds is 3. The topological polar surface area (TPSA) is 0 Å². The van der Waals surface area contributed by atoms with Crippen molar-refractivity contribution in [1.29, 1.82) is 0 Å². The molecule has 0 bridgehead atoms. The van der Waals surface area contributed by atoms with Gasteiger partial charge in [0.2, 0.25) is 0 Å². The van der Waals surface area contributed by atoms with Crippen LogP contribution in [0.5, 0.6) is 0 Å². The highest BCUT2D eigenvalue weighted by Crippen LogP contribution is 2.22. The molecule has 1 saturated heterocycles. The Kier molecular flexibility index (Phi) is 3.62. The van der Waals surface area contributed by atoms with Gasteiger partial charge in [-0.1, -0.05) is 13.8 Å². The summed E-state index contributed by atoms with van der Waals surface area (Å²) in [6.45, 7) is 8.93. The predicted molar refractivity (Wildman–Crippen MR) is 57.8 cm³/mol. The molecule has 0 atom stereocenters.